The summed E-state index contributed by atoms with van der Waals surface area (Å²) in [6.45, 7) is 2.28. The predicted molar refractivity (Wildman–Crippen MR) is 61.9 cm³/mol. The van der Waals surface area contributed by atoms with Crippen molar-refractivity contribution in [3.05, 3.63) is 47.3 Å². The van der Waals surface area contributed by atoms with Crippen molar-refractivity contribution in [2.24, 2.45) is 0 Å². The van der Waals surface area contributed by atoms with Crippen molar-refractivity contribution < 1.29 is 8.78 Å². The number of alkyl halides is 2. The fraction of sp³-hybridized carbons (Fsp3) is 0.250. The molecule has 1 aromatic heterocycles. The molecular weight excluding hydrogens is 224 g/mol. The topological polar surface area (TPSA) is 43.8 Å². The molecule has 0 fully saturated rings. The zero-order chi connectivity index (χ0) is 12.4. The molecule has 2 aromatic rings. The predicted octanol–water partition coefficient (Wildman–Crippen LogP) is 2.76. The number of nitrogen functional groups attached to an aromatic ring is 1. The Morgan fingerprint density at radius 2 is 1.94 bits per heavy atom. The summed E-state index contributed by atoms with van der Waals surface area (Å²) in [4.78, 5) is 0. The summed E-state index contributed by atoms with van der Waals surface area (Å²) in [6.07, 6.45) is -1.35. The fourth-order valence-corrected chi connectivity index (χ4v) is 1.64. The second-order valence-electron chi connectivity index (χ2n) is 3.93. The van der Waals surface area contributed by atoms with E-state index in [2.05, 4.69) is 5.10 Å². The molecule has 2 N–H and O–H groups in total. The van der Waals surface area contributed by atoms with Crippen LogP contribution in [-0.4, -0.2) is 9.78 Å². The fourth-order valence-electron chi connectivity index (χ4n) is 1.64. The van der Waals surface area contributed by atoms with Crippen molar-refractivity contribution in [3.8, 4) is 0 Å². The SMILES string of the molecule is Cc1ccc(Cn2ncc(N)c2C(F)F)cc1. The van der Waals surface area contributed by atoms with Gasteiger partial charge in [0.05, 0.1) is 18.4 Å². The van der Waals surface area contributed by atoms with Crippen molar-refractivity contribution in [1.29, 1.82) is 0 Å². The molecule has 0 radical (unpaired) electrons. The molecule has 0 aliphatic heterocycles. The summed E-state index contributed by atoms with van der Waals surface area (Å²) in [7, 11) is 0. The molecule has 3 nitrogen and oxygen atoms in total. The second kappa shape index (κ2) is 4.53. The van der Waals surface area contributed by atoms with Gasteiger partial charge in [0, 0.05) is 0 Å². The lowest BCUT2D eigenvalue weighted by Gasteiger charge is -2.07. The third-order valence-corrected chi connectivity index (χ3v) is 2.57. The Bertz CT molecular complexity index is 503. The lowest BCUT2D eigenvalue weighted by molar-refractivity contribution is 0.140. The second-order valence-corrected chi connectivity index (χ2v) is 3.93. The lowest BCUT2D eigenvalue weighted by Crippen LogP contribution is -2.07. The number of nitrogens with two attached hydrogens (primary N) is 1. The van der Waals surface area contributed by atoms with Crippen LogP contribution in [0.15, 0.2) is 30.5 Å². The minimum atomic E-state index is -2.61. The molecule has 0 aliphatic carbocycles. The molecule has 2 rings (SSSR count). The molecular formula is C12H13F2N3. The summed E-state index contributed by atoms with van der Waals surface area (Å²) in [6, 6.07) is 7.65. The summed E-state index contributed by atoms with van der Waals surface area (Å²) in [5.74, 6) is 0. The van der Waals surface area contributed by atoms with Gasteiger partial charge in [-0.25, -0.2) is 8.78 Å². The molecule has 1 heterocycles. The van der Waals surface area contributed by atoms with Crippen LogP contribution in [0.4, 0.5) is 14.5 Å². The molecule has 5 heteroatoms. The van der Waals surface area contributed by atoms with E-state index in [1.165, 1.54) is 10.9 Å². The molecule has 1 aromatic carbocycles. The first-order chi connectivity index (χ1) is 8.08. The van der Waals surface area contributed by atoms with Crippen LogP contribution in [0.5, 0.6) is 0 Å². The Morgan fingerprint density at radius 1 is 1.29 bits per heavy atom. The van der Waals surface area contributed by atoms with Crippen LogP contribution in [0, 0.1) is 6.92 Å². The Hall–Kier alpha value is -1.91. The standard InChI is InChI=1S/C12H13F2N3/c1-8-2-4-9(5-3-8)7-17-11(12(13)14)10(15)6-16-17/h2-6,12H,7,15H2,1H3. The molecule has 0 spiro atoms. The number of aryl methyl sites for hydroxylation is 1. The van der Waals surface area contributed by atoms with Gasteiger partial charge in [-0.15, -0.1) is 0 Å². The lowest BCUT2D eigenvalue weighted by atomic mass is 10.1. The van der Waals surface area contributed by atoms with Crippen molar-refractivity contribution >= 4 is 5.69 Å². The molecule has 0 saturated carbocycles. The van der Waals surface area contributed by atoms with Crippen LogP contribution in [0.25, 0.3) is 0 Å². The quantitative estimate of drug-likeness (QED) is 0.892. The monoisotopic (exact) mass is 237 g/mol. The molecule has 17 heavy (non-hydrogen) atoms. The third-order valence-electron chi connectivity index (χ3n) is 2.57. The van der Waals surface area contributed by atoms with Crippen molar-refractivity contribution in [2.45, 2.75) is 19.9 Å². The van der Waals surface area contributed by atoms with E-state index in [-0.39, 0.29) is 11.4 Å². The molecule has 0 aliphatic rings. The average molecular weight is 237 g/mol. The van der Waals surface area contributed by atoms with Gasteiger partial charge in [-0.3, -0.25) is 4.68 Å². The Morgan fingerprint density at radius 3 is 2.53 bits per heavy atom. The number of benzene rings is 1. The summed E-state index contributed by atoms with van der Waals surface area (Å²) >= 11 is 0. The van der Waals surface area contributed by atoms with Gasteiger partial charge in [0.1, 0.15) is 5.69 Å². The highest BCUT2D eigenvalue weighted by molar-refractivity contribution is 5.42. The molecule has 0 saturated heterocycles. The zero-order valence-electron chi connectivity index (χ0n) is 9.40. The average Bonchev–Trinajstić information content (AvgIpc) is 2.63. The van der Waals surface area contributed by atoms with Gasteiger partial charge < -0.3 is 5.73 Å². The van der Waals surface area contributed by atoms with Crippen LogP contribution < -0.4 is 5.73 Å². The maximum atomic E-state index is 12.7. The highest BCUT2D eigenvalue weighted by Crippen LogP contribution is 2.25. The summed E-state index contributed by atoms with van der Waals surface area (Å²) in [5, 5.41) is 3.87. The number of hydrogen-bond donors (Lipinski definition) is 1. The van der Waals surface area contributed by atoms with E-state index in [9.17, 15) is 8.78 Å². The van der Waals surface area contributed by atoms with Gasteiger partial charge in [0.2, 0.25) is 0 Å². The first kappa shape index (κ1) is 11.6. The first-order valence-electron chi connectivity index (χ1n) is 5.23. The molecule has 0 unspecified atom stereocenters. The van der Waals surface area contributed by atoms with Crippen LogP contribution in [0.2, 0.25) is 0 Å². The number of aromatic nitrogens is 2. The minimum absolute atomic E-state index is 0.0344. The van der Waals surface area contributed by atoms with Gasteiger partial charge in [-0.2, -0.15) is 5.10 Å². The maximum absolute atomic E-state index is 12.7. The van der Waals surface area contributed by atoms with Gasteiger partial charge in [-0.1, -0.05) is 29.8 Å². The highest BCUT2D eigenvalue weighted by Gasteiger charge is 2.18. The Balaban J connectivity index is 2.27. The van der Waals surface area contributed by atoms with E-state index in [1.807, 2.05) is 31.2 Å². The smallest absolute Gasteiger partial charge is 0.282 e. The maximum Gasteiger partial charge on any atom is 0.282 e. The number of hydrogen-bond acceptors (Lipinski definition) is 2. The van der Waals surface area contributed by atoms with Gasteiger partial charge in [0.25, 0.3) is 6.43 Å². The number of rotatable bonds is 3. The summed E-state index contributed by atoms with van der Waals surface area (Å²) < 4.78 is 26.7. The van der Waals surface area contributed by atoms with Crippen molar-refractivity contribution in [3.63, 3.8) is 0 Å². The molecule has 90 valence electrons. The van der Waals surface area contributed by atoms with Crippen LogP contribution >= 0.6 is 0 Å². The van der Waals surface area contributed by atoms with Crippen molar-refractivity contribution in [2.75, 3.05) is 5.73 Å². The number of halogens is 2. The zero-order valence-corrected chi connectivity index (χ0v) is 9.40. The largest absolute Gasteiger partial charge is 0.396 e. The van der Waals surface area contributed by atoms with Crippen LogP contribution in [-0.2, 0) is 6.54 Å². The molecule has 0 atom stereocenters. The van der Waals surface area contributed by atoms with Crippen molar-refractivity contribution in [1.82, 2.24) is 9.78 Å². The van der Waals surface area contributed by atoms with E-state index in [0.717, 1.165) is 11.1 Å². The van der Waals surface area contributed by atoms with Gasteiger partial charge in [0.15, 0.2) is 0 Å². The van der Waals surface area contributed by atoms with Crippen LogP contribution in [0.1, 0.15) is 23.2 Å². The molecule has 0 amide bonds. The third kappa shape index (κ3) is 2.43. The van der Waals surface area contributed by atoms with Crippen LogP contribution in [0.3, 0.4) is 0 Å². The highest BCUT2D eigenvalue weighted by atomic mass is 19.3. The minimum Gasteiger partial charge on any atom is -0.396 e. The van der Waals surface area contributed by atoms with Gasteiger partial charge in [-0.05, 0) is 12.5 Å². The van der Waals surface area contributed by atoms with E-state index in [1.54, 1.807) is 0 Å². The van der Waals surface area contributed by atoms with E-state index >= 15 is 0 Å². The first-order valence-corrected chi connectivity index (χ1v) is 5.23. The van der Waals surface area contributed by atoms with E-state index in [4.69, 9.17) is 5.73 Å². The Kier molecular flexibility index (Phi) is 3.08. The Labute approximate surface area is 97.9 Å². The van der Waals surface area contributed by atoms with E-state index in [0.29, 0.717) is 6.54 Å². The molecule has 0 bridgehead atoms. The summed E-state index contributed by atoms with van der Waals surface area (Å²) in [5.41, 5.74) is 7.32. The number of nitrogens with zero attached hydrogens (tertiary/aromatic N) is 2. The van der Waals surface area contributed by atoms with E-state index < -0.39 is 6.43 Å². The number of anilines is 1. The normalized spacial score (nSPS) is 11.1. The van der Waals surface area contributed by atoms with Gasteiger partial charge >= 0.3 is 0 Å².